The number of hydrogen-bond donors (Lipinski definition) is 1. The van der Waals surface area contributed by atoms with E-state index in [1.165, 1.54) is 0 Å². The van der Waals surface area contributed by atoms with E-state index in [0.29, 0.717) is 15.8 Å². The molecule has 0 radical (unpaired) electrons. The highest BCUT2D eigenvalue weighted by atomic mass is 32.1. The molecule has 0 saturated heterocycles. The van der Waals surface area contributed by atoms with E-state index in [4.69, 9.17) is 4.42 Å². The molecule has 0 bridgehead atoms. The Balaban J connectivity index is 2.60. The summed E-state index contributed by atoms with van der Waals surface area (Å²) in [5.74, 6) is -0.0415. The van der Waals surface area contributed by atoms with E-state index in [1.807, 2.05) is 0 Å². The van der Waals surface area contributed by atoms with Gasteiger partial charge in [0.2, 0.25) is 0 Å². The normalized spacial score (nSPS) is 10.7. The third-order valence-electron chi connectivity index (χ3n) is 2.00. The molecule has 0 fully saturated rings. The number of Topliss-reactive ketones (excluding diaryl/α,β-unsaturated/α-hetero) is 1. The van der Waals surface area contributed by atoms with Gasteiger partial charge in [0.15, 0.2) is 5.78 Å². The highest BCUT2D eigenvalue weighted by Crippen LogP contribution is 2.21. The summed E-state index contributed by atoms with van der Waals surface area (Å²) in [6.07, 6.45) is 0. The maximum atomic E-state index is 11.7. The molecule has 78 valence electrons. The van der Waals surface area contributed by atoms with E-state index in [0.717, 1.165) is 11.3 Å². The molecule has 1 aromatic carbocycles. The van der Waals surface area contributed by atoms with Crippen LogP contribution in [0.5, 0.6) is 0 Å². The number of likely N-dealkylation sites (N-methyl/N-ethyl adjacent to an activating group) is 1. The van der Waals surface area contributed by atoms with Gasteiger partial charge in [-0.2, -0.15) is 0 Å². The number of fused-ring (bicyclic) bond motifs is 1. The average molecular weight is 223 g/mol. The molecule has 2 rings (SSSR count). The maximum absolute atomic E-state index is 11.7. The van der Waals surface area contributed by atoms with Crippen LogP contribution in [0, 0.1) is 0 Å². The zero-order valence-electron chi connectivity index (χ0n) is 8.07. The van der Waals surface area contributed by atoms with Crippen molar-refractivity contribution in [2.75, 3.05) is 13.6 Å². The van der Waals surface area contributed by atoms with E-state index >= 15 is 0 Å². The molecule has 4 nitrogen and oxygen atoms in total. The molecular weight excluding hydrogens is 214 g/mol. The molecule has 5 heteroatoms. The lowest BCUT2D eigenvalue weighted by molar-refractivity contribution is 0.0995. The monoisotopic (exact) mass is 223 g/mol. The molecular formula is C10H9NO3S. The second-order valence-corrected chi connectivity index (χ2v) is 3.99. The van der Waals surface area contributed by atoms with Crippen LogP contribution in [0.1, 0.15) is 10.4 Å². The first kappa shape index (κ1) is 10.1. The Kier molecular flexibility index (Phi) is 2.66. The Hall–Kier alpha value is -1.46. The van der Waals surface area contributed by atoms with Crippen LogP contribution in [-0.4, -0.2) is 19.4 Å². The van der Waals surface area contributed by atoms with E-state index in [1.54, 1.807) is 25.2 Å². The van der Waals surface area contributed by atoms with Crippen molar-refractivity contribution in [3.8, 4) is 0 Å². The molecule has 0 saturated carbocycles. The fourth-order valence-electron chi connectivity index (χ4n) is 1.37. The quantitative estimate of drug-likeness (QED) is 0.796. The van der Waals surface area contributed by atoms with Crippen LogP contribution in [0.2, 0.25) is 0 Å². The molecule has 1 heterocycles. The summed E-state index contributed by atoms with van der Waals surface area (Å²) in [5.41, 5.74) is 1.02. The minimum atomic E-state index is -0.380. The van der Waals surface area contributed by atoms with Gasteiger partial charge < -0.3 is 9.73 Å². The van der Waals surface area contributed by atoms with E-state index < -0.39 is 0 Å². The number of rotatable bonds is 3. The summed E-state index contributed by atoms with van der Waals surface area (Å²) >= 11 is 0.962. The number of hydrogen-bond acceptors (Lipinski definition) is 5. The summed E-state index contributed by atoms with van der Waals surface area (Å²) in [6.45, 7) is 0.255. The minimum Gasteiger partial charge on any atom is -0.414 e. The van der Waals surface area contributed by atoms with Gasteiger partial charge in [0.25, 0.3) is 0 Å². The zero-order valence-corrected chi connectivity index (χ0v) is 8.89. The van der Waals surface area contributed by atoms with Crippen LogP contribution < -0.4 is 10.3 Å². The lowest BCUT2D eigenvalue weighted by atomic mass is 10.1. The van der Waals surface area contributed by atoms with Gasteiger partial charge in [-0.3, -0.25) is 4.79 Å². The first-order chi connectivity index (χ1) is 7.22. The van der Waals surface area contributed by atoms with Gasteiger partial charge in [-0.25, -0.2) is 4.79 Å². The van der Waals surface area contributed by atoms with Crippen LogP contribution in [-0.2, 0) is 0 Å². The molecule has 1 N–H and O–H groups in total. The Morgan fingerprint density at radius 3 is 3.07 bits per heavy atom. The second kappa shape index (κ2) is 3.96. The highest BCUT2D eigenvalue weighted by Gasteiger charge is 2.12. The summed E-state index contributed by atoms with van der Waals surface area (Å²) in [7, 11) is 1.70. The maximum Gasteiger partial charge on any atom is 0.396 e. The fraction of sp³-hybridized carbons (Fsp3) is 0.200. The molecule has 0 spiro atoms. The van der Waals surface area contributed by atoms with Crippen LogP contribution in [0.3, 0.4) is 0 Å². The van der Waals surface area contributed by atoms with Gasteiger partial charge in [0.1, 0.15) is 5.58 Å². The van der Waals surface area contributed by atoms with Crippen molar-refractivity contribution in [2.45, 2.75) is 0 Å². The van der Waals surface area contributed by atoms with Crippen molar-refractivity contribution in [2.24, 2.45) is 0 Å². The zero-order chi connectivity index (χ0) is 10.8. The first-order valence-electron chi connectivity index (χ1n) is 4.43. The van der Waals surface area contributed by atoms with E-state index in [9.17, 15) is 9.59 Å². The van der Waals surface area contributed by atoms with Gasteiger partial charge in [-0.15, -0.1) is 0 Å². The number of carbonyl (C=O) groups is 1. The van der Waals surface area contributed by atoms with Crippen molar-refractivity contribution in [1.29, 1.82) is 0 Å². The Bertz CT molecular complexity index is 555. The summed E-state index contributed by atoms with van der Waals surface area (Å²) in [4.78, 5) is 22.3. The molecule has 0 aliphatic rings. The van der Waals surface area contributed by atoms with Gasteiger partial charge in [-0.05, 0) is 19.2 Å². The van der Waals surface area contributed by atoms with Crippen LogP contribution in [0.25, 0.3) is 10.3 Å². The largest absolute Gasteiger partial charge is 0.414 e. The van der Waals surface area contributed by atoms with E-state index in [-0.39, 0.29) is 17.3 Å². The number of ketones is 1. The predicted molar refractivity (Wildman–Crippen MR) is 58.6 cm³/mol. The third-order valence-corrected chi connectivity index (χ3v) is 2.87. The number of carbonyl (C=O) groups excluding carboxylic acids is 1. The Labute approximate surface area is 89.5 Å². The lowest BCUT2D eigenvalue weighted by Gasteiger charge is -1.99. The van der Waals surface area contributed by atoms with Crippen molar-refractivity contribution in [3.63, 3.8) is 0 Å². The number of benzene rings is 1. The lowest BCUT2D eigenvalue weighted by Crippen LogP contribution is -2.18. The molecule has 0 aliphatic heterocycles. The van der Waals surface area contributed by atoms with Gasteiger partial charge in [0, 0.05) is 5.56 Å². The third kappa shape index (κ3) is 1.84. The molecule has 0 amide bonds. The van der Waals surface area contributed by atoms with Crippen LogP contribution in [0.15, 0.2) is 27.4 Å². The molecule has 1 aromatic heterocycles. The molecule has 15 heavy (non-hydrogen) atoms. The van der Waals surface area contributed by atoms with Gasteiger partial charge in [0.05, 0.1) is 11.2 Å². The van der Waals surface area contributed by atoms with Crippen molar-refractivity contribution < 1.29 is 9.21 Å². The molecule has 2 aromatic rings. The van der Waals surface area contributed by atoms with Crippen molar-refractivity contribution >= 4 is 27.4 Å². The topological polar surface area (TPSA) is 59.3 Å². The summed E-state index contributed by atoms with van der Waals surface area (Å²) in [5, 5.41) is 2.78. The minimum absolute atomic E-state index is 0.0415. The predicted octanol–water partition coefficient (Wildman–Crippen LogP) is 1.26. The molecule has 0 aliphatic carbocycles. The fourth-order valence-corrected chi connectivity index (χ4v) is 2.17. The summed E-state index contributed by atoms with van der Waals surface area (Å²) < 4.78 is 5.55. The van der Waals surface area contributed by atoms with Crippen LogP contribution >= 0.6 is 11.3 Å². The Morgan fingerprint density at radius 1 is 1.53 bits per heavy atom. The molecule has 0 unspecified atom stereocenters. The molecule has 0 atom stereocenters. The van der Waals surface area contributed by atoms with Crippen molar-refractivity contribution in [1.82, 2.24) is 5.32 Å². The SMILES string of the molecule is CNCC(=O)c1cccc2oc(=O)sc12. The number of nitrogens with one attached hydrogen (secondary N) is 1. The second-order valence-electron chi connectivity index (χ2n) is 3.04. The summed E-state index contributed by atoms with van der Waals surface area (Å²) in [6, 6.07) is 5.09. The van der Waals surface area contributed by atoms with Gasteiger partial charge in [-0.1, -0.05) is 17.4 Å². The van der Waals surface area contributed by atoms with Gasteiger partial charge >= 0.3 is 4.94 Å². The standard InChI is InChI=1S/C10H9NO3S/c1-11-5-7(12)6-3-2-4-8-9(6)15-10(13)14-8/h2-4,11H,5H2,1H3. The highest BCUT2D eigenvalue weighted by molar-refractivity contribution is 7.16. The van der Waals surface area contributed by atoms with Crippen molar-refractivity contribution in [3.05, 3.63) is 33.5 Å². The average Bonchev–Trinajstić information content (AvgIpc) is 2.57. The van der Waals surface area contributed by atoms with Crippen LogP contribution in [0.4, 0.5) is 0 Å². The van der Waals surface area contributed by atoms with E-state index in [2.05, 4.69) is 5.32 Å². The Morgan fingerprint density at radius 2 is 2.33 bits per heavy atom. The smallest absolute Gasteiger partial charge is 0.396 e. The first-order valence-corrected chi connectivity index (χ1v) is 5.24.